The van der Waals surface area contributed by atoms with E-state index in [1.54, 1.807) is 0 Å². The molecule has 8 heteroatoms. The molecular formula is C12H10ClF3N4. The fourth-order valence-electron chi connectivity index (χ4n) is 2.09. The van der Waals surface area contributed by atoms with Crippen LogP contribution in [0.15, 0.2) is 18.2 Å². The predicted molar refractivity (Wildman–Crippen MR) is 67.8 cm³/mol. The normalized spacial score (nSPS) is 15.6. The van der Waals surface area contributed by atoms with Crippen LogP contribution in [0.4, 0.5) is 19.0 Å². The number of nitrogens with zero attached hydrogens (tertiary/aromatic N) is 3. The largest absolute Gasteiger partial charge is 0.417 e. The number of nitrogens with two attached hydrogens (primary N) is 1. The van der Waals surface area contributed by atoms with Crippen molar-refractivity contribution in [1.29, 1.82) is 0 Å². The molecule has 1 aliphatic rings. The number of hydrogen-bond acceptors (Lipinski definition) is 3. The SMILES string of the molecule is Nc1nnn(-c2ccc(Cl)c(C(F)(F)F)c2)c1C1CC1. The van der Waals surface area contributed by atoms with E-state index < -0.39 is 11.7 Å². The summed E-state index contributed by atoms with van der Waals surface area (Å²) in [6.45, 7) is 0. The van der Waals surface area contributed by atoms with E-state index >= 15 is 0 Å². The average molecular weight is 303 g/mol. The van der Waals surface area contributed by atoms with E-state index in [1.807, 2.05) is 0 Å². The summed E-state index contributed by atoms with van der Waals surface area (Å²) < 4.78 is 40.0. The lowest BCUT2D eigenvalue weighted by Gasteiger charge is -2.12. The number of halogens is 4. The highest BCUT2D eigenvalue weighted by molar-refractivity contribution is 6.31. The molecule has 0 radical (unpaired) electrons. The summed E-state index contributed by atoms with van der Waals surface area (Å²) in [5.74, 6) is 0.478. The molecule has 1 saturated carbocycles. The summed E-state index contributed by atoms with van der Waals surface area (Å²) in [5.41, 5.74) is 5.76. The Morgan fingerprint density at radius 3 is 2.60 bits per heavy atom. The Hall–Kier alpha value is -1.76. The van der Waals surface area contributed by atoms with Crippen LogP contribution in [0.25, 0.3) is 5.69 Å². The Morgan fingerprint density at radius 2 is 2.00 bits per heavy atom. The van der Waals surface area contributed by atoms with Crippen molar-refractivity contribution in [3.63, 3.8) is 0 Å². The van der Waals surface area contributed by atoms with Crippen LogP contribution in [0.5, 0.6) is 0 Å². The molecule has 1 aromatic carbocycles. The molecule has 0 atom stereocenters. The molecule has 2 aromatic rings. The number of alkyl halides is 3. The van der Waals surface area contributed by atoms with Crippen molar-refractivity contribution >= 4 is 17.4 Å². The third kappa shape index (κ3) is 2.22. The van der Waals surface area contributed by atoms with Gasteiger partial charge in [0.15, 0.2) is 5.82 Å². The minimum absolute atomic E-state index is 0.218. The van der Waals surface area contributed by atoms with Gasteiger partial charge in [0.1, 0.15) is 0 Å². The van der Waals surface area contributed by atoms with E-state index in [-0.39, 0.29) is 22.4 Å². The molecule has 0 amide bonds. The number of anilines is 1. The lowest BCUT2D eigenvalue weighted by Crippen LogP contribution is -2.09. The fraction of sp³-hybridized carbons (Fsp3) is 0.333. The second-order valence-corrected chi connectivity index (χ2v) is 5.12. The molecule has 1 fully saturated rings. The van der Waals surface area contributed by atoms with Gasteiger partial charge in [-0.3, -0.25) is 0 Å². The maximum atomic E-state index is 12.9. The van der Waals surface area contributed by atoms with E-state index in [4.69, 9.17) is 17.3 Å². The molecule has 0 spiro atoms. The molecule has 106 valence electrons. The Morgan fingerprint density at radius 1 is 1.30 bits per heavy atom. The van der Waals surface area contributed by atoms with Gasteiger partial charge in [0.05, 0.1) is 22.0 Å². The molecule has 0 aliphatic heterocycles. The highest BCUT2D eigenvalue weighted by Gasteiger charge is 2.35. The standard InChI is InChI=1S/C12H10ClF3N4/c13-9-4-3-7(5-8(9)12(14,15)16)20-10(6-1-2-6)11(17)18-19-20/h3-6H,1-2,17H2. The first-order valence-electron chi connectivity index (χ1n) is 5.96. The lowest BCUT2D eigenvalue weighted by atomic mass is 10.2. The van der Waals surface area contributed by atoms with Gasteiger partial charge in [0.25, 0.3) is 0 Å². The summed E-state index contributed by atoms with van der Waals surface area (Å²) in [7, 11) is 0. The van der Waals surface area contributed by atoms with Gasteiger partial charge < -0.3 is 5.73 Å². The van der Waals surface area contributed by atoms with Crippen molar-refractivity contribution in [2.45, 2.75) is 24.9 Å². The number of benzene rings is 1. The van der Waals surface area contributed by atoms with Crippen LogP contribution in [0.3, 0.4) is 0 Å². The van der Waals surface area contributed by atoms with Crippen molar-refractivity contribution in [3.8, 4) is 5.69 Å². The molecule has 0 saturated heterocycles. The highest BCUT2D eigenvalue weighted by Crippen LogP contribution is 2.43. The number of aromatic nitrogens is 3. The van der Waals surface area contributed by atoms with E-state index in [0.29, 0.717) is 5.69 Å². The van der Waals surface area contributed by atoms with E-state index in [1.165, 1.54) is 16.8 Å². The van der Waals surface area contributed by atoms with Crippen molar-refractivity contribution in [1.82, 2.24) is 15.0 Å². The average Bonchev–Trinajstić information content (AvgIpc) is 3.12. The zero-order chi connectivity index (χ0) is 14.5. The smallest absolute Gasteiger partial charge is 0.381 e. The minimum Gasteiger partial charge on any atom is -0.381 e. The van der Waals surface area contributed by atoms with Crippen LogP contribution in [0.1, 0.15) is 30.0 Å². The van der Waals surface area contributed by atoms with E-state index in [2.05, 4.69) is 10.3 Å². The zero-order valence-corrected chi connectivity index (χ0v) is 10.9. The summed E-state index contributed by atoms with van der Waals surface area (Å²) >= 11 is 5.60. The molecule has 20 heavy (non-hydrogen) atoms. The Balaban J connectivity index is 2.11. The molecule has 0 bridgehead atoms. The molecule has 1 aromatic heterocycles. The van der Waals surface area contributed by atoms with Crippen LogP contribution in [0, 0.1) is 0 Å². The monoisotopic (exact) mass is 302 g/mol. The predicted octanol–water partition coefficient (Wildman–Crippen LogP) is 3.40. The van der Waals surface area contributed by atoms with Gasteiger partial charge in [0, 0.05) is 5.92 Å². The Kier molecular flexibility index (Phi) is 2.89. The van der Waals surface area contributed by atoms with Crippen LogP contribution in [-0.4, -0.2) is 15.0 Å². The molecule has 3 rings (SSSR count). The van der Waals surface area contributed by atoms with Crippen molar-refractivity contribution < 1.29 is 13.2 Å². The summed E-state index contributed by atoms with van der Waals surface area (Å²) in [6, 6.07) is 3.63. The van der Waals surface area contributed by atoms with Crippen LogP contribution in [-0.2, 0) is 6.18 Å². The first-order valence-corrected chi connectivity index (χ1v) is 6.34. The number of hydrogen-bond donors (Lipinski definition) is 1. The van der Waals surface area contributed by atoms with Crippen LogP contribution >= 0.6 is 11.6 Å². The summed E-state index contributed by atoms with van der Waals surface area (Å²) in [5, 5.41) is 7.23. The number of rotatable bonds is 2. The van der Waals surface area contributed by atoms with Crippen LogP contribution in [0.2, 0.25) is 5.02 Å². The highest BCUT2D eigenvalue weighted by atomic mass is 35.5. The van der Waals surface area contributed by atoms with Crippen LogP contribution < -0.4 is 5.73 Å². The first-order chi connectivity index (χ1) is 9.38. The maximum absolute atomic E-state index is 12.9. The van der Waals surface area contributed by atoms with Gasteiger partial charge >= 0.3 is 6.18 Å². The third-order valence-corrected chi connectivity index (χ3v) is 3.53. The zero-order valence-electron chi connectivity index (χ0n) is 10.2. The van der Waals surface area contributed by atoms with Crippen molar-refractivity contribution in [3.05, 3.63) is 34.5 Å². The summed E-state index contributed by atoms with van der Waals surface area (Å²) in [4.78, 5) is 0. The molecule has 0 unspecified atom stereocenters. The Labute approximate surface area is 117 Å². The number of nitrogen functional groups attached to an aromatic ring is 1. The summed E-state index contributed by atoms with van der Waals surface area (Å²) in [6.07, 6.45) is -2.63. The fourth-order valence-corrected chi connectivity index (χ4v) is 2.32. The van der Waals surface area contributed by atoms with Gasteiger partial charge in [-0.05, 0) is 31.0 Å². The maximum Gasteiger partial charge on any atom is 0.417 e. The third-order valence-electron chi connectivity index (χ3n) is 3.20. The van der Waals surface area contributed by atoms with Gasteiger partial charge in [-0.15, -0.1) is 5.10 Å². The van der Waals surface area contributed by atoms with Crippen molar-refractivity contribution in [2.75, 3.05) is 5.73 Å². The lowest BCUT2D eigenvalue weighted by molar-refractivity contribution is -0.137. The van der Waals surface area contributed by atoms with E-state index in [0.717, 1.165) is 18.9 Å². The molecular weight excluding hydrogens is 293 g/mol. The van der Waals surface area contributed by atoms with Gasteiger partial charge in [-0.2, -0.15) is 13.2 Å². The molecule has 1 aliphatic carbocycles. The minimum atomic E-state index is -4.51. The molecule has 2 N–H and O–H groups in total. The quantitative estimate of drug-likeness (QED) is 0.925. The first kappa shape index (κ1) is 13.2. The van der Waals surface area contributed by atoms with E-state index in [9.17, 15) is 13.2 Å². The van der Waals surface area contributed by atoms with Crippen molar-refractivity contribution in [2.24, 2.45) is 0 Å². The Bertz CT molecular complexity index is 661. The second kappa shape index (κ2) is 4.37. The van der Waals surface area contributed by atoms with Gasteiger partial charge in [-0.1, -0.05) is 16.8 Å². The molecule has 1 heterocycles. The van der Waals surface area contributed by atoms with Gasteiger partial charge in [-0.25, -0.2) is 4.68 Å². The topological polar surface area (TPSA) is 56.7 Å². The second-order valence-electron chi connectivity index (χ2n) is 4.71. The molecule has 4 nitrogen and oxygen atoms in total. The van der Waals surface area contributed by atoms with Gasteiger partial charge in [0.2, 0.25) is 0 Å².